The Morgan fingerprint density at radius 3 is 0.967 bits per heavy atom. The Morgan fingerprint density at radius 1 is 0.359 bits per heavy atom. The third kappa shape index (κ3) is 64.9. The molecule has 542 valence electrons. The van der Waals surface area contributed by atoms with Crippen LogP contribution in [0, 0.1) is 17.8 Å². The number of esters is 4. The SMILES string of the molecule is CCCCCC/C=C\C=C/CCCCCCCC(=O)O[C@H](COC(=O)CCCCCCCCCC(C)C)COP(=O)(O)OCC(O)COP(=O)(O)OC[C@@H](COC(=O)CCCCCCCCC(C)C)OC(=O)CCCCCCCCCCCCCCCCC(C)CC. The van der Waals surface area contributed by atoms with Crippen molar-refractivity contribution in [1.82, 2.24) is 0 Å². The fourth-order valence-electron chi connectivity index (χ4n) is 10.5. The van der Waals surface area contributed by atoms with E-state index in [0.29, 0.717) is 37.5 Å². The molecular formula is C73H138O17P2. The van der Waals surface area contributed by atoms with Crippen LogP contribution in [0.1, 0.15) is 344 Å². The molecule has 0 radical (unpaired) electrons. The summed E-state index contributed by atoms with van der Waals surface area (Å²) in [7, 11) is -9.92. The first-order valence-corrected chi connectivity index (χ1v) is 40.2. The lowest BCUT2D eigenvalue weighted by atomic mass is 9.99. The first kappa shape index (κ1) is 89.5. The normalized spacial score (nSPS) is 14.6. The quantitative estimate of drug-likeness (QED) is 0.0169. The topological polar surface area (TPSA) is 237 Å². The number of aliphatic hydroxyl groups is 1. The van der Waals surface area contributed by atoms with Crippen molar-refractivity contribution < 1.29 is 80.2 Å². The highest BCUT2D eigenvalue weighted by atomic mass is 31.2. The number of phosphoric acid groups is 2. The first-order chi connectivity index (χ1) is 44.3. The molecule has 0 aliphatic rings. The molecule has 19 heteroatoms. The second-order valence-electron chi connectivity index (χ2n) is 26.8. The van der Waals surface area contributed by atoms with E-state index >= 15 is 0 Å². The van der Waals surface area contributed by atoms with Gasteiger partial charge in [-0.3, -0.25) is 37.3 Å². The largest absolute Gasteiger partial charge is 0.472 e. The highest BCUT2D eigenvalue weighted by Gasteiger charge is 2.30. The van der Waals surface area contributed by atoms with Crippen LogP contribution in [0.3, 0.4) is 0 Å². The predicted molar refractivity (Wildman–Crippen MR) is 372 cm³/mol. The van der Waals surface area contributed by atoms with Crippen molar-refractivity contribution in [2.75, 3.05) is 39.6 Å². The van der Waals surface area contributed by atoms with Crippen LogP contribution in [0.25, 0.3) is 0 Å². The maximum Gasteiger partial charge on any atom is 0.472 e. The van der Waals surface area contributed by atoms with Gasteiger partial charge in [-0.25, -0.2) is 9.13 Å². The summed E-state index contributed by atoms with van der Waals surface area (Å²) in [6.45, 7) is 11.7. The average Bonchev–Trinajstić information content (AvgIpc) is 2.33. The van der Waals surface area contributed by atoms with E-state index in [1.807, 2.05) is 0 Å². The van der Waals surface area contributed by atoms with Gasteiger partial charge in [-0.2, -0.15) is 0 Å². The minimum Gasteiger partial charge on any atom is -0.462 e. The van der Waals surface area contributed by atoms with E-state index in [1.54, 1.807) is 0 Å². The number of aliphatic hydroxyl groups excluding tert-OH is 1. The number of carbonyl (C=O) groups is 4. The zero-order chi connectivity index (χ0) is 68.0. The molecule has 6 atom stereocenters. The Labute approximate surface area is 561 Å². The molecule has 17 nitrogen and oxygen atoms in total. The van der Waals surface area contributed by atoms with Gasteiger partial charge in [0, 0.05) is 25.7 Å². The van der Waals surface area contributed by atoms with Crippen LogP contribution in [0.15, 0.2) is 24.3 Å². The number of hydrogen-bond donors (Lipinski definition) is 3. The Hall–Kier alpha value is -2.46. The molecule has 0 bridgehead atoms. The summed E-state index contributed by atoms with van der Waals surface area (Å²) in [5, 5.41) is 10.6. The van der Waals surface area contributed by atoms with E-state index in [9.17, 15) is 43.2 Å². The summed E-state index contributed by atoms with van der Waals surface area (Å²) in [6, 6.07) is 0. The zero-order valence-electron chi connectivity index (χ0n) is 59.5. The van der Waals surface area contributed by atoms with Crippen molar-refractivity contribution in [1.29, 1.82) is 0 Å². The van der Waals surface area contributed by atoms with Gasteiger partial charge in [0.15, 0.2) is 12.2 Å². The molecule has 0 spiro atoms. The van der Waals surface area contributed by atoms with Crippen molar-refractivity contribution in [3.05, 3.63) is 24.3 Å². The Kier molecular flexibility index (Phi) is 61.6. The minimum absolute atomic E-state index is 0.0838. The summed E-state index contributed by atoms with van der Waals surface area (Å²) >= 11 is 0. The van der Waals surface area contributed by atoms with Gasteiger partial charge in [0.2, 0.25) is 0 Å². The molecule has 0 saturated carbocycles. The Morgan fingerprint density at radius 2 is 0.641 bits per heavy atom. The minimum atomic E-state index is -4.96. The maximum absolute atomic E-state index is 13.0. The second kappa shape index (κ2) is 63.3. The van der Waals surface area contributed by atoms with Crippen molar-refractivity contribution in [3.8, 4) is 0 Å². The number of rotatable bonds is 69. The van der Waals surface area contributed by atoms with Crippen molar-refractivity contribution in [2.24, 2.45) is 17.8 Å². The zero-order valence-corrected chi connectivity index (χ0v) is 61.3. The van der Waals surface area contributed by atoms with E-state index in [1.165, 1.54) is 128 Å². The lowest BCUT2D eigenvalue weighted by Crippen LogP contribution is -2.30. The Balaban J connectivity index is 5.24. The van der Waals surface area contributed by atoms with E-state index in [-0.39, 0.29) is 25.7 Å². The molecule has 0 aromatic carbocycles. The molecular weight excluding hydrogens is 1210 g/mol. The van der Waals surface area contributed by atoms with Gasteiger partial charge in [-0.15, -0.1) is 0 Å². The number of allylic oxidation sites excluding steroid dienone is 4. The highest BCUT2D eigenvalue weighted by molar-refractivity contribution is 7.47. The van der Waals surface area contributed by atoms with Crippen LogP contribution in [-0.2, 0) is 65.4 Å². The molecule has 3 N–H and O–H groups in total. The van der Waals surface area contributed by atoms with Crippen LogP contribution in [0.4, 0.5) is 0 Å². The lowest BCUT2D eigenvalue weighted by Gasteiger charge is -2.21. The number of phosphoric ester groups is 2. The van der Waals surface area contributed by atoms with Crippen LogP contribution in [-0.4, -0.2) is 96.7 Å². The van der Waals surface area contributed by atoms with Crippen molar-refractivity contribution >= 4 is 39.5 Å². The number of carbonyl (C=O) groups excluding carboxylic acids is 4. The third-order valence-corrected chi connectivity index (χ3v) is 18.5. The molecule has 0 aliphatic heterocycles. The molecule has 0 aliphatic carbocycles. The van der Waals surface area contributed by atoms with Gasteiger partial charge < -0.3 is 33.8 Å². The standard InChI is InChI=1S/C73H138O17P2/c1-8-10-11-12-13-14-15-16-17-21-24-27-32-42-49-56-72(77)89-68(60-83-70(75)54-47-40-34-29-30-37-44-51-64(3)4)62-87-91(79,80)85-58-67(74)59-86-92(81,82)88-63-69(61-84-71(76)55-48-41-36-35-38-45-52-65(5)6)90-73(78)57-50-43-33-28-25-22-19-18-20-23-26-31-39-46-53-66(7)9-2/h14-17,64-69,74H,8-13,18-63H2,1-7H3,(H,79,80)(H,81,82)/b15-14-,17-16-/t66?,67?,68-,69-/m1/s1. The number of hydrogen-bond acceptors (Lipinski definition) is 15. The predicted octanol–water partition coefficient (Wildman–Crippen LogP) is 20.6. The summed E-state index contributed by atoms with van der Waals surface area (Å²) in [5.41, 5.74) is 0. The number of unbranched alkanes of at least 4 members (excludes halogenated alkanes) is 33. The fraction of sp³-hybridized carbons (Fsp3) is 0.890. The van der Waals surface area contributed by atoms with E-state index < -0.39 is 97.5 Å². The summed E-state index contributed by atoms with van der Waals surface area (Å²) in [4.78, 5) is 72.6. The van der Waals surface area contributed by atoms with Crippen LogP contribution in [0.5, 0.6) is 0 Å². The van der Waals surface area contributed by atoms with Gasteiger partial charge in [0.05, 0.1) is 26.4 Å². The molecule has 4 unspecified atom stereocenters. The molecule has 0 saturated heterocycles. The smallest absolute Gasteiger partial charge is 0.462 e. The van der Waals surface area contributed by atoms with Gasteiger partial charge in [-0.1, -0.05) is 291 Å². The number of ether oxygens (including phenoxy) is 4. The molecule has 0 heterocycles. The third-order valence-electron chi connectivity index (χ3n) is 16.6. The second-order valence-corrected chi connectivity index (χ2v) is 29.7. The molecule has 0 amide bonds. The molecule has 0 aromatic rings. The molecule has 0 rings (SSSR count). The van der Waals surface area contributed by atoms with Gasteiger partial charge >= 0.3 is 39.5 Å². The molecule has 0 aromatic heterocycles. The average molecular weight is 1350 g/mol. The molecule has 92 heavy (non-hydrogen) atoms. The van der Waals surface area contributed by atoms with Gasteiger partial charge in [-0.05, 0) is 69.1 Å². The van der Waals surface area contributed by atoms with Crippen molar-refractivity contribution in [3.63, 3.8) is 0 Å². The van der Waals surface area contributed by atoms with Crippen LogP contribution in [0.2, 0.25) is 0 Å². The summed E-state index contributed by atoms with van der Waals surface area (Å²) in [5.74, 6) is 0.0675. The van der Waals surface area contributed by atoms with Crippen LogP contribution < -0.4 is 0 Å². The van der Waals surface area contributed by atoms with E-state index in [2.05, 4.69) is 72.8 Å². The van der Waals surface area contributed by atoms with E-state index in [4.69, 9.17) is 37.0 Å². The van der Waals surface area contributed by atoms with Gasteiger partial charge in [0.1, 0.15) is 19.3 Å². The van der Waals surface area contributed by atoms with Crippen molar-refractivity contribution in [2.45, 2.75) is 362 Å². The van der Waals surface area contributed by atoms with Crippen LogP contribution >= 0.6 is 15.6 Å². The molecule has 0 fully saturated rings. The Bertz CT molecular complexity index is 1900. The lowest BCUT2D eigenvalue weighted by molar-refractivity contribution is -0.161. The first-order valence-electron chi connectivity index (χ1n) is 37.2. The summed E-state index contributed by atoms with van der Waals surface area (Å²) < 4.78 is 68.3. The van der Waals surface area contributed by atoms with Gasteiger partial charge in [0.25, 0.3) is 0 Å². The monoisotopic (exact) mass is 1350 g/mol. The highest BCUT2D eigenvalue weighted by Crippen LogP contribution is 2.45. The van der Waals surface area contributed by atoms with E-state index in [0.717, 1.165) is 121 Å². The maximum atomic E-state index is 13.0. The summed E-state index contributed by atoms with van der Waals surface area (Å²) in [6.07, 6.45) is 51.0. The fourth-order valence-corrected chi connectivity index (χ4v) is 12.1.